The summed E-state index contributed by atoms with van der Waals surface area (Å²) in [6.45, 7) is 2.09. The quantitative estimate of drug-likeness (QED) is 0.488. The van der Waals surface area contributed by atoms with E-state index in [0.717, 1.165) is 40.7 Å². The Morgan fingerprint density at radius 1 is 1.00 bits per heavy atom. The molecule has 0 aliphatic rings. The minimum Gasteiger partial charge on any atom is -0.323 e. The fourth-order valence-corrected chi connectivity index (χ4v) is 3.32. The van der Waals surface area contributed by atoms with Crippen LogP contribution in [0.5, 0.6) is 0 Å². The fourth-order valence-electron chi connectivity index (χ4n) is 3.32. The van der Waals surface area contributed by atoms with Gasteiger partial charge in [-0.05, 0) is 36.8 Å². The lowest BCUT2D eigenvalue weighted by Crippen LogP contribution is -2.11. The fraction of sp³-hybridized carbons (Fsp3) is 0.227. The zero-order valence-electron chi connectivity index (χ0n) is 16.0. The van der Waals surface area contributed by atoms with Gasteiger partial charge in [0, 0.05) is 17.0 Å². The molecular weight excluding hydrogens is 372 g/mol. The minimum absolute atomic E-state index is 0.101. The van der Waals surface area contributed by atoms with Gasteiger partial charge >= 0.3 is 0 Å². The van der Waals surface area contributed by atoms with Crippen molar-refractivity contribution in [2.45, 2.75) is 32.2 Å². The molecule has 7 heteroatoms. The number of rotatable bonds is 6. The number of hydrogen-bond acceptors (Lipinski definition) is 4. The van der Waals surface area contributed by atoms with Gasteiger partial charge in [-0.25, -0.2) is 18.4 Å². The highest BCUT2D eigenvalue weighted by Crippen LogP contribution is 2.26. The first kappa shape index (κ1) is 19.1. The summed E-state index contributed by atoms with van der Waals surface area (Å²) in [7, 11) is 0. The largest absolute Gasteiger partial charge is 0.323 e. The molecule has 0 saturated heterocycles. The molecule has 0 amide bonds. The number of aromatic nitrogens is 4. The van der Waals surface area contributed by atoms with Crippen molar-refractivity contribution in [1.29, 1.82) is 0 Å². The molecule has 0 spiro atoms. The third kappa shape index (κ3) is 3.86. The van der Waals surface area contributed by atoms with Crippen LogP contribution in [0.4, 0.5) is 8.78 Å². The average molecular weight is 393 g/mol. The monoisotopic (exact) mass is 393 g/mol. The van der Waals surface area contributed by atoms with Crippen molar-refractivity contribution in [1.82, 2.24) is 19.7 Å². The van der Waals surface area contributed by atoms with Gasteiger partial charge in [0.05, 0.1) is 23.1 Å². The van der Waals surface area contributed by atoms with Gasteiger partial charge in [0.1, 0.15) is 5.69 Å². The highest BCUT2D eigenvalue weighted by atomic mass is 19.3. The summed E-state index contributed by atoms with van der Waals surface area (Å²) in [6, 6.07) is 16.1. The van der Waals surface area contributed by atoms with Crippen LogP contribution in [0.15, 0.2) is 60.8 Å². The minimum atomic E-state index is -2.63. The average Bonchev–Trinajstić information content (AvgIpc) is 3.17. The lowest BCUT2D eigenvalue weighted by atomic mass is 10.1. The molecule has 1 atom stereocenters. The molecule has 0 aliphatic heterocycles. The van der Waals surface area contributed by atoms with E-state index in [2.05, 4.69) is 17.0 Å². The molecule has 5 nitrogen and oxygen atoms in total. The van der Waals surface area contributed by atoms with Gasteiger partial charge < -0.3 is 5.73 Å². The van der Waals surface area contributed by atoms with Crippen LogP contribution in [0.2, 0.25) is 0 Å². The van der Waals surface area contributed by atoms with Crippen LogP contribution >= 0.6 is 0 Å². The lowest BCUT2D eigenvalue weighted by Gasteiger charge is -2.11. The Hall–Kier alpha value is -3.19. The van der Waals surface area contributed by atoms with Crippen molar-refractivity contribution in [3.05, 3.63) is 72.2 Å². The normalized spacial score (nSPS) is 12.6. The van der Waals surface area contributed by atoms with Crippen LogP contribution in [-0.2, 0) is 0 Å². The van der Waals surface area contributed by atoms with Crippen LogP contribution in [0.25, 0.3) is 28.0 Å². The Kier molecular flexibility index (Phi) is 5.31. The van der Waals surface area contributed by atoms with Crippen molar-refractivity contribution < 1.29 is 8.78 Å². The van der Waals surface area contributed by atoms with Crippen molar-refractivity contribution >= 4 is 10.9 Å². The first-order chi connectivity index (χ1) is 14.1. The first-order valence-corrected chi connectivity index (χ1v) is 9.53. The van der Waals surface area contributed by atoms with E-state index in [4.69, 9.17) is 10.7 Å². The predicted octanol–water partition coefficient (Wildman–Crippen LogP) is 5.22. The molecule has 1 unspecified atom stereocenters. The number of pyridine rings is 2. The van der Waals surface area contributed by atoms with Gasteiger partial charge in [0.15, 0.2) is 5.82 Å². The molecule has 0 bridgehead atoms. The third-order valence-corrected chi connectivity index (χ3v) is 4.81. The molecule has 3 heterocycles. The number of fused-ring (bicyclic) bond motifs is 1. The first-order valence-electron chi connectivity index (χ1n) is 9.53. The molecule has 1 aromatic carbocycles. The summed E-state index contributed by atoms with van der Waals surface area (Å²) in [5, 5.41) is 5.23. The van der Waals surface area contributed by atoms with E-state index in [-0.39, 0.29) is 11.7 Å². The van der Waals surface area contributed by atoms with E-state index in [9.17, 15) is 8.78 Å². The van der Waals surface area contributed by atoms with Crippen molar-refractivity contribution in [3.8, 4) is 17.1 Å². The topological polar surface area (TPSA) is 69.6 Å². The van der Waals surface area contributed by atoms with Gasteiger partial charge in [-0.2, -0.15) is 5.10 Å². The summed E-state index contributed by atoms with van der Waals surface area (Å²) >= 11 is 0. The second kappa shape index (κ2) is 8.05. The van der Waals surface area contributed by atoms with E-state index < -0.39 is 6.43 Å². The maximum absolute atomic E-state index is 13.0. The summed E-state index contributed by atoms with van der Waals surface area (Å²) in [5.74, 6) is 0.349. The van der Waals surface area contributed by atoms with Crippen LogP contribution < -0.4 is 5.73 Å². The number of hydrogen-bond donors (Lipinski definition) is 1. The van der Waals surface area contributed by atoms with E-state index in [1.165, 1.54) is 6.07 Å². The molecule has 4 aromatic rings. The molecular formula is C22H21F2N5. The van der Waals surface area contributed by atoms with E-state index >= 15 is 0 Å². The van der Waals surface area contributed by atoms with E-state index in [0.29, 0.717) is 5.82 Å². The van der Waals surface area contributed by atoms with Gasteiger partial charge in [-0.1, -0.05) is 37.6 Å². The Morgan fingerprint density at radius 3 is 2.59 bits per heavy atom. The second-order valence-corrected chi connectivity index (χ2v) is 6.89. The Morgan fingerprint density at radius 2 is 1.79 bits per heavy atom. The molecule has 0 aliphatic carbocycles. The summed E-state index contributed by atoms with van der Waals surface area (Å²) in [4.78, 5) is 8.77. The van der Waals surface area contributed by atoms with Crippen LogP contribution in [-0.4, -0.2) is 19.7 Å². The molecule has 0 fully saturated rings. The maximum atomic E-state index is 13.0. The van der Waals surface area contributed by atoms with Gasteiger partial charge in [-0.15, -0.1) is 0 Å². The van der Waals surface area contributed by atoms with E-state index in [1.54, 1.807) is 23.0 Å². The number of alkyl halides is 2. The summed E-state index contributed by atoms with van der Waals surface area (Å²) in [5.41, 5.74) is 9.27. The second-order valence-electron chi connectivity index (χ2n) is 6.89. The number of benzene rings is 1. The van der Waals surface area contributed by atoms with Gasteiger partial charge in [0.25, 0.3) is 6.43 Å². The van der Waals surface area contributed by atoms with Crippen molar-refractivity contribution in [3.63, 3.8) is 0 Å². The number of nitrogens with zero attached hydrogens (tertiary/aromatic N) is 4. The van der Waals surface area contributed by atoms with Crippen LogP contribution in [0, 0.1) is 0 Å². The molecule has 4 rings (SSSR count). The van der Waals surface area contributed by atoms with Crippen LogP contribution in [0.3, 0.4) is 0 Å². The highest BCUT2D eigenvalue weighted by molar-refractivity contribution is 5.84. The molecule has 0 saturated carbocycles. The standard InChI is InChI=1S/C22H21F2N5/c1-2-5-16(25)18-7-3-6-17(27-18)14-10-11-15-13-26-29(20(15)12-14)21-9-4-8-19(28-21)22(23)24/h3-4,6-13,16,22H,2,5,25H2,1H3. The van der Waals surface area contributed by atoms with Crippen molar-refractivity contribution in [2.24, 2.45) is 5.73 Å². The molecule has 0 radical (unpaired) electrons. The Bertz CT molecular complexity index is 1140. The van der Waals surface area contributed by atoms with E-state index in [1.807, 2.05) is 36.4 Å². The SMILES string of the molecule is CCCC(N)c1cccc(-c2ccc3cnn(-c4cccc(C(F)F)n4)c3c2)n1. The highest BCUT2D eigenvalue weighted by Gasteiger charge is 2.13. The Labute approximate surface area is 167 Å². The number of nitrogens with two attached hydrogens (primary N) is 1. The molecule has 148 valence electrons. The lowest BCUT2D eigenvalue weighted by molar-refractivity contribution is 0.146. The molecule has 2 N–H and O–H groups in total. The third-order valence-electron chi connectivity index (χ3n) is 4.81. The molecule has 3 aromatic heterocycles. The maximum Gasteiger partial charge on any atom is 0.280 e. The smallest absolute Gasteiger partial charge is 0.280 e. The van der Waals surface area contributed by atoms with Gasteiger partial charge in [0.2, 0.25) is 0 Å². The summed E-state index contributed by atoms with van der Waals surface area (Å²) in [6.07, 6.45) is 0.917. The number of halogens is 2. The van der Waals surface area contributed by atoms with Crippen LogP contribution in [0.1, 0.15) is 43.6 Å². The molecule has 29 heavy (non-hydrogen) atoms. The van der Waals surface area contributed by atoms with Gasteiger partial charge in [-0.3, -0.25) is 4.98 Å². The zero-order chi connectivity index (χ0) is 20.4. The zero-order valence-corrected chi connectivity index (χ0v) is 16.0. The summed E-state index contributed by atoms with van der Waals surface area (Å²) < 4.78 is 27.6. The predicted molar refractivity (Wildman–Crippen MR) is 109 cm³/mol. The Balaban J connectivity index is 1.77. The van der Waals surface area contributed by atoms with Crippen molar-refractivity contribution in [2.75, 3.05) is 0 Å².